The van der Waals surface area contributed by atoms with Gasteiger partial charge < -0.3 is 10.2 Å². The minimum absolute atomic E-state index is 0.247. The molecule has 1 aromatic heterocycles. The first kappa shape index (κ1) is 24.3. The molecule has 1 amide bonds. The second-order valence-corrected chi connectivity index (χ2v) is 8.51. The average molecular weight is 467 g/mol. The SMILES string of the molecule is CCCn1cc(CN=C(NC(=O)c2cccc(N(C)C)c2)Nc2cccc(Cl)c2C)c(C)n1. The molecule has 33 heavy (non-hydrogen) atoms. The van der Waals surface area contributed by atoms with E-state index in [1.54, 1.807) is 6.07 Å². The second-order valence-electron chi connectivity index (χ2n) is 8.10. The van der Waals surface area contributed by atoms with E-state index in [2.05, 4.69) is 27.6 Å². The van der Waals surface area contributed by atoms with Crippen LogP contribution in [-0.4, -0.2) is 35.7 Å². The number of aliphatic imine (C=N–C) groups is 1. The quantitative estimate of drug-likeness (QED) is 0.378. The molecule has 2 aromatic carbocycles. The van der Waals surface area contributed by atoms with Crippen molar-refractivity contribution >= 4 is 34.8 Å². The molecule has 7 nitrogen and oxygen atoms in total. The van der Waals surface area contributed by atoms with Gasteiger partial charge in [-0.1, -0.05) is 30.7 Å². The fraction of sp³-hybridized carbons (Fsp3) is 0.320. The van der Waals surface area contributed by atoms with E-state index in [0.29, 0.717) is 23.1 Å². The smallest absolute Gasteiger partial charge is 0.258 e. The molecule has 3 aromatic rings. The topological polar surface area (TPSA) is 74.6 Å². The minimum atomic E-state index is -0.247. The zero-order valence-electron chi connectivity index (χ0n) is 19.8. The van der Waals surface area contributed by atoms with E-state index in [4.69, 9.17) is 11.6 Å². The Labute approximate surface area is 200 Å². The number of halogens is 1. The lowest BCUT2D eigenvalue weighted by Crippen LogP contribution is -2.36. The number of amides is 1. The van der Waals surface area contributed by atoms with Gasteiger partial charge in [-0.05, 0) is 56.2 Å². The van der Waals surface area contributed by atoms with Crippen LogP contribution in [0.1, 0.15) is 40.5 Å². The van der Waals surface area contributed by atoms with E-state index in [-0.39, 0.29) is 5.91 Å². The summed E-state index contributed by atoms with van der Waals surface area (Å²) >= 11 is 6.29. The van der Waals surface area contributed by atoms with Crippen molar-refractivity contribution in [2.24, 2.45) is 4.99 Å². The second kappa shape index (κ2) is 11.0. The van der Waals surface area contributed by atoms with Crippen LogP contribution in [0.25, 0.3) is 0 Å². The number of anilines is 2. The van der Waals surface area contributed by atoms with Crippen molar-refractivity contribution in [1.82, 2.24) is 15.1 Å². The third-order valence-electron chi connectivity index (χ3n) is 5.29. The molecule has 0 unspecified atom stereocenters. The maximum atomic E-state index is 13.0. The summed E-state index contributed by atoms with van der Waals surface area (Å²) in [5.74, 6) is 0.103. The third-order valence-corrected chi connectivity index (χ3v) is 5.70. The van der Waals surface area contributed by atoms with Crippen LogP contribution in [0.3, 0.4) is 0 Å². The van der Waals surface area contributed by atoms with Crippen molar-refractivity contribution in [3.8, 4) is 0 Å². The van der Waals surface area contributed by atoms with E-state index in [1.807, 2.05) is 80.1 Å². The molecule has 1 heterocycles. The van der Waals surface area contributed by atoms with E-state index < -0.39 is 0 Å². The van der Waals surface area contributed by atoms with Crippen LogP contribution < -0.4 is 15.5 Å². The fourth-order valence-corrected chi connectivity index (χ4v) is 3.48. The standard InChI is InChI=1S/C25H31ClN6O/c1-6-13-32-16-20(18(3)30-32)15-27-25(28-23-12-8-11-22(26)17(23)2)29-24(33)19-9-7-10-21(14-19)31(4)5/h7-12,14,16H,6,13,15H2,1-5H3,(H2,27,28,29,33). The van der Waals surface area contributed by atoms with Crippen LogP contribution in [0, 0.1) is 13.8 Å². The number of aryl methyl sites for hydroxylation is 2. The molecule has 0 saturated heterocycles. The van der Waals surface area contributed by atoms with Gasteiger partial charge >= 0.3 is 0 Å². The highest BCUT2D eigenvalue weighted by atomic mass is 35.5. The number of rotatable bonds is 7. The van der Waals surface area contributed by atoms with Crippen molar-refractivity contribution in [2.45, 2.75) is 40.3 Å². The Morgan fingerprint density at radius 2 is 1.94 bits per heavy atom. The fourth-order valence-electron chi connectivity index (χ4n) is 3.31. The highest BCUT2D eigenvalue weighted by Gasteiger charge is 2.13. The van der Waals surface area contributed by atoms with Crippen LogP contribution in [0.15, 0.2) is 53.7 Å². The first-order valence-electron chi connectivity index (χ1n) is 11.0. The highest BCUT2D eigenvalue weighted by Crippen LogP contribution is 2.23. The molecule has 0 aliphatic heterocycles. The van der Waals surface area contributed by atoms with Gasteiger partial charge in [-0.2, -0.15) is 5.10 Å². The molecule has 0 aliphatic rings. The number of nitrogens with one attached hydrogen (secondary N) is 2. The van der Waals surface area contributed by atoms with Crippen molar-refractivity contribution in [3.05, 3.63) is 76.1 Å². The number of aromatic nitrogens is 2. The van der Waals surface area contributed by atoms with E-state index >= 15 is 0 Å². The molecular weight excluding hydrogens is 436 g/mol. The molecule has 0 radical (unpaired) electrons. The lowest BCUT2D eigenvalue weighted by atomic mass is 10.2. The largest absolute Gasteiger partial charge is 0.378 e. The van der Waals surface area contributed by atoms with Crippen molar-refractivity contribution in [2.75, 3.05) is 24.3 Å². The summed E-state index contributed by atoms with van der Waals surface area (Å²) in [6.45, 7) is 7.25. The minimum Gasteiger partial charge on any atom is -0.378 e. The summed E-state index contributed by atoms with van der Waals surface area (Å²) in [7, 11) is 3.88. The molecule has 0 bridgehead atoms. The molecule has 0 aliphatic carbocycles. The van der Waals surface area contributed by atoms with Crippen molar-refractivity contribution in [1.29, 1.82) is 0 Å². The van der Waals surface area contributed by atoms with Gasteiger partial charge in [-0.25, -0.2) is 4.99 Å². The zero-order valence-corrected chi connectivity index (χ0v) is 20.6. The zero-order chi connectivity index (χ0) is 24.0. The Kier molecular flexibility index (Phi) is 8.11. The van der Waals surface area contributed by atoms with Crippen LogP contribution >= 0.6 is 11.6 Å². The Bertz CT molecular complexity index is 1150. The Hall–Kier alpha value is -3.32. The molecule has 8 heteroatoms. The van der Waals surface area contributed by atoms with E-state index in [9.17, 15) is 4.79 Å². The van der Waals surface area contributed by atoms with Gasteiger partial charge in [-0.15, -0.1) is 0 Å². The molecule has 174 valence electrons. The van der Waals surface area contributed by atoms with E-state index in [0.717, 1.165) is 41.2 Å². The van der Waals surface area contributed by atoms with Gasteiger partial charge in [0, 0.05) is 54.4 Å². The lowest BCUT2D eigenvalue weighted by Gasteiger charge is -2.16. The van der Waals surface area contributed by atoms with Gasteiger partial charge in [0.2, 0.25) is 5.96 Å². The first-order valence-corrected chi connectivity index (χ1v) is 11.3. The summed E-state index contributed by atoms with van der Waals surface area (Å²) < 4.78 is 1.93. The molecule has 3 rings (SSSR count). The first-order chi connectivity index (χ1) is 15.8. The average Bonchev–Trinajstić information content (AvgIpc) is 3.14. The summed E-state index contributed by atoms with van der Waals surface area (Å²) in [6.07, 6.45) is 3.01. The number of hydrogen-bond acceptors (Lipinski definition) is 4. The number of carbonyl (C=O) groups excluding carboxylic acids is 1. The predicted octanol–water partition coefficient (Wildman–Crippen LogP) is 5.03. The summed E-state index contributed by atoms with van der Waals surface area (Å²) in [5.41, 5.74) is 5.08. The van der Waals surface area contributed by atoms with Gasteiger partial charge in [-0.3, -0.25) is 14.8 Å². The van der Waals surface area contributed by atoms with Gasteiger partial charge in [0.05, 0.1) is 12.2 Å². The van der Waals surface area contributed by atoms with Gasteiger partial charge in [0.25, 0.3) is 5.91 Å². The van der Waals surface area contributed by atoms with Crippen LogP contribution in [0.2, 0.25) is 5.02 Å². The van der Waals surface area contributed by atoms with Crippen LogP contribution in [0.4, 0.5) is 11.4 Å². The van der Waals surface area contributed by atoms with Gasteiger partial charge in [0.15, 0.2) is 0 Å². The Morgan fingerprint density at radius 1 is 1.18 bits per heavy atom. The maximum absolute atomic E-state index is 13.0. The number of guanidine groups is 1. The van der Waals surface area contributed by atoms with Crippen LogP contribution in [-0.2, 0) is 13.1 Å². The number of benzene rings is 2. The van der Waals surface area contributed by atoms with Crippen molar-refractivity contribution in [3.63, 3.8) is 0 Å². The van der Waals surface area contributed by atoms with Gasteiger partial charge in [0.1, 0.15) is 0 Å². The lowest BCUT2D eigenvalue weighted by molar-refractivity contribution is 0.0977. The molecule has 0 spiro atoms. The number of nitrogens with zero attached hydrogens (tertiary/aromatic N) is 4. The number of carbonyl (C=O) groups is 1. The highest BCUT2D eigenvalue weighted by molar-refractivity contribution is 6.31. The summed E-state index contributed by atoms with van der Waals surface area (Å²) in [4.78, 5) is 19.7. The Balaban J connectivity index is 1.88. The molecule has 2 N–H and O–H groups in total. The molecular formula is C25H31ClN6O. The predicted molar refractivity (Wildman–Crippen MR) is 136 cm³/mol. The molecule has 0 atom stereocenters. The van der Waals surface area contributed by atoms with Crippen molar-refractivity contribution < 1.29 is 4.79 Å². The molecule has 0 fully saturated rings. The maximum Gasteiger partial charge on any atom is 0.258 e. The third kappa shape index (κ3) is 6.35. The summed E-state index contributed by atoms with van der Waals surface area (Å²) in [6, 6.07) is 13.0. The molecule has 0 saturated carbocycles. The van der Waals surface area contributed by atoms with E-state index in [1.165, 1.54) is 0 Å². The monoisotopic (exact) mass is 466 g/mol. The summed E-state index contributed by atoms with van der Waals surface area (Å²) in [5, 5.41) is 11.4. The van der Waals surface area contributed by atoms with Crippen LogP contribution in [0.5, 0.6) is 0 Å². The number of hydrogen-bond donors (Lipinski definition) is 2. The normalized spacial score (nSPS) is 11.4. The Morgan fingerprint density at radius 3 is 2.67 bits per heavy atom.